The Morgan fingerprint density at radius 2 is 2.25 bits per heavy atom. The van der Waals surface area contributed by atoms with Gasteiger partial charge in [-0.25, -0.2) is 0 Å². The Morgan fingerprint density at radius 1 is 1.50 bits per heavy atom. The van der Waals surface area contributed by atoms with Crippen LogP contribution in [-0.2, 0) is 4.79 Å². The first-order valence-corrected chi connectivity index (χ1v) is 6.69. The van der Waals surface area contributed by atoms with Gasteiger partial charge in [-0.05, 0) is 30.8 Å². The predicted octanol–water partition coefficient (Wildman–Crippen LogP) is 1.87. The van der Waals surface area contributed by atoms with Gasteiger partial charge in [-0.1, -0.05) is 19.1 Å². The Balaban J connectivity index is 2.35. The molecule has 2 N–H and O–H groups in total. The highest BCUT2D eigenvalue weighted by Crippen LogP contribution is 2.31. The third-order valence-electron chi connectivity index (χ3n) is 2.94. The van der Waals surface area contributed by atoms with E-state index in [1.54, 1.807) is 18.2 Å². The molecular formula is C14H16N2O3S. The SMILES string of the molecule is CCCN1C(=O)/C(=C/c2cccc(O)c2OC)NC1=S. The fourth-order valence-electron chi connectivity index (χ4n) is 2.03. The lowest BCUT2D eigenvalue weighted by Crippen LogP contribution is -2.31. The number of nitrogens with one attached hydrogen (secondary N) is 1. The minimum atomic E-state index is -0.165. The number of carbonyl (C=O) groups excluding carboxylic acids is 1. The standard InChI is InChI=1S/C14H16N2O3S/c1-3-7-16-13(18)10(15-14(16)20)8-9-5-4-6-11(17)12(9)19-2/h4-6,8,17H,3,7H2,1-2H3,(H,15,20)/b10-8-. The maximum absolute atomic E-state index is 12.2. The van der Waals surface area contributed by atoms with Crippen LogP contribution in [-0.4, -0.2) is 34.7 Å². The minimum Gasteiger partial charge on any atom is -0.504 e. The summed E-state index contributed by atoms with van der Waals surface area (Å²) in [5.41, 5.74) is 0.997. The van der Waals surface area contributed by atoms with Crippen LogP contribution in [0.3, 0.4) is 0 Å². The van der Waals surface area contributed by atoms with Crippen molar-refractivity contribution < 1.29 is 14.6 Å². The Morgan fingerprint density at radius 3 is 2.90 bits per heavy atom. The van der Waals surface area contributed by atoms with Crippen molar-refractivity contribution in [2.75, 3.05) is 13.7 Å². The van der Waals surface area contributed by atoms with Crippen molar-refractivity contribution in [2.24, 2.45) is 0 Å². The summed E-state index contributed by atoms with van der Waals surface area (Å²) in [6, 6.07) is 4.97. The highest BCUT2D eigenvalue weighted by molar-refractivity contribution is 7.80. The number of amides is 1. The van der Waals surface area contributed by atoms with Gasteiger partial charge in [0.1, 0.15) is 5.70 Å². The van der Waals surface area contributed by atoms with E-state index in [2.05, 4.69) is 5.32 Å². The van der Waals surface area contributed by atoms with E-state index in [-0.39, 0.29) is 11.7 Å². The molecule has 2 rings (SSSR count). The number of ether oxygens (including phenoxy) is 1. The van der Waals surface area contributed by atoms with Gasteiger partial charge in [0.15, 0.2) is 16.6 Å². The lowest BCUT2D eigenvalue weighted by Gasteiger charge is -2.11. The predicted molar refractivity (Wildman–Crippen MR) is 80.4 cm³/mol. The molecule has 1 amide bonds. The molecule has 1 saturated heterocycles. The average Bonchev–Trinajstić information content (AvgIpc) is 2.67. The fraction of sp³-hybridized carbons (Fsp3) is 0.286. The molecule has 0 aliphatic carbocycles. The van der Waals surface area contributed by atoms with Crippen LogP contribution in [0, 0.1) is 0 Å². The third-order valence-corrected chi connectivity index (χ3v) is 3.26. The number of para-hydroxylation sites is 1. The van der Waals surface area contributed by atoms with Gasteiger partial charge in [-0.3, -0.25) is 9.69 Å². The lowest BCUT2D eigenvalue weighted by atomic mass is 10.1. The van der Waals surface area contributed by atoms with Crippen molar-refractivity contribution in [3.05, 3.63) is 29.5 Å². The van der Waals surface area contributed by atoms with Crippen molar-refractivity contribution in [1.82, 2.24) is 10.2 Å². The second-order valence-electron chi connectivity index (χ2n) is 4.34. The van der Waals surface area contributed by atoms with Gasteiger partial charge >= 0.3 is 0 Å². The number of phenolic OH excluding ortho intramolecular Hbond substituents is 1. The smallest absolute Gasteiger partial charge is 0.276 e. The van der Waals surface area contributed by atoms with Crippen molar-refractivity contribution >= 4 is 29.3 Å². The lowest BCUT2D eigenvalue weighted by molar-refractivity contribution is -0.122. The van der Waals surface area contributed by atoms with Gasteiger partial charge in [-0.2, -0.15) is 0 Å². The van der Waals surface area contributed by atoms with Crippen LogP contribution in [0.2, 0.25) is 0 Å². The van der Waals surface area contributed by atoms with Crippen LogP contribution >= 0.6 is 12.2 Å². The number of benzene rings is 1. The Bertz CT molecular complexity index is 584. The van der Waals surface area contributed by atoms with Crippen LogP contribution in [0.15, 0.2) is 23.9 Å². The zero-order chi connectivity index (χ0) is 14.7. The second kappa shape index (κ2) is 5.92. The van der Waals surface area contributed by atoms with Crippen LogP contribution in [0.25, 0.3) is 6.08 Å². The summed E-state index contributed by atoms with van der Waals surface area (Å²) in [7, 11) is 1.47. The van der Waals surface area contributed by atoms with Crippen LogP contribution in [0.1, 0.15) is 18.9 Å². The summed E-state index contributed by atoms with van der Waals surface area (Å²) in [6.07, 6.45) is 2.46. The molecule has 1 heterocycles. The first-order chi connectivity index (χ1) is 9.58. The van der Waals surface area contributed by atoms with Crippen LogP contribution < -0.4 is 10.1 Å². The molecule has 6 heteroatoms. The molecule has 1 aliphatic rings. The molecule has 20 heavy (non-hydrogen) atoms. The van der Waals surface area contributed by atoms with E-state index in [1.165, 1.54) is 18.1 Å². The highest BCUT2D eigenvalue weighted by Gasteiger charge is 2.29. The summed E-state index contributed by atoms with van der Waals surface area (Å²) in [6.45, 7) is 2.56. The van der Waals surface area contributed by atoms with Gasteiger partial charge in [0.25, 0.3) is 5.91 Å². The quantitative estimate of drug-likeness (QED) is 0.655. The number of aromatic hydroxyl groups is 1. The van der Waals surface area contributed by atoms with Crippen molar-refractivity contribution in [2.45, 2.75) is 13.3 Å². The molecule has 0 bridgehead atoms. The number of methoxy groups -OCH3 is 1. The zero-order valence-corrected chi connectivity index (χ0v) is 12.2. The molecule has 1 aromatic carbocycles. The largest absolute Gasteiger partial charge is 0.504 e. The average molecular weight is 292 g/mol. The number of thiocarbonyl (C=S) groups is 1. The Labute approximate surface area is 122 Å². The first kappa shape index (κ1) is 14.3. The fourth-order valence-corrected chi connectivity index (χ4v) is 2.32. The zero-order valence-electron chi connectivity index (χ0n) is 11.3. The number of rotatable bonds is 4. The summed E-state index contributed by atoms with van der Waals surface area (Å²) >= 11 is 5.14. The number of hydrogen-bond acceptors (Lipinski definition) is 4. The number of carbonyl (C=O) groups is 1. The van der Waals surface area contributed by atoms with E-state index in [0.717, 1.165) is 6.42 Å². The summed E-state index contributed by atoms with van der Waals surface area (Å²) in [5.74, 6) is 0.192. The maximum atomic E-state index is 12.2. The van der Waals surface area contributed by atoms with Crippen LogP contribution in [0.5, 0.6) is 11.5 Å². The number of nitrogens with zero attached hydrogens (tertiary/aromatic N) is 1. The Kier molecular flexibility index (Phi) is 4.24. The molecule has 0 unspecified atom stereocenters. The molecule has 1 aromatic rings. The summed E-state index contributed by atoms with van der Waals surface area (Å²) < 4.78 is 5.14. The molecule has 0 radical (unpaired) electrons. The summed E-state index contributed by atoms with van der Waals surface area (Å²) in [4.78, 5) is 13.7. The first-order valence-electron chi connectivity index (χ1n) is 6.29. The van der Waals surface area contributed by atoms with Crippen molar-refractivity contribution in [3.63, 3.8) is 0 Å². The highest BCUT2D eigenvalue weighted by atomic mass is 32.1. The molecule has 0 spiro atoms. The van der Waals surface area contributed by atoms with Crippen LogP contribution in [0.4, 0.5) is 0 Å². The van der Waals surface area contributed by atoms with E-state index >= 15 is 0 Å². The topological polar surface area (TPSA) is 61.8 Å². The van der Waals surface area contributed by atoms with Gasteiger partial charge in [0.2, 0.25) is 0 Å². The molecule has 1 fully saturated rings. The van der Waals surface area contributed by atoms with E-state index in [9.17, 15) is 9.90 Å². The molecule has 5 nitrogen and oxygen atoms in total. The Hall–Kier alpha value is -2.08. The maximum Gasteiger partial charge on any atom is 0.276 e. The molecule has 106 valence electrons. The normalized spacial score (nSPS) is 16.7. The third kappa shape index (κ3) is 2.60. The van der Waals surface area contributed by atoms with Crippen molar-refractivity contribution in [3.8, 4) is 11.5 Å². The van der Waals surface area contributed by atoms with Gasteiger partial charge in [0, 0.05) is 12.1 Å². The summed E-state index contributed by atoms with van der Waals surface area (Å²) in [5, 5.41) is 13.0. The molecular weight excluding hydrogens is 276 g/mol. The minimum absolute atomic E-state index is 0.0280. The van der Waals surface area contributed by atoms with E-state index in [1.807, 2.05) is 6.92 Å². The van der Waals surface area contributed by atoms with Gasteiger partial charge < -0.3 is 15.2 Å². The van der Waals surface area contributed by atoms with E-state index in [0.29, 0.717) is 28.7 Å². The molecule has 0 saturated carbocycles. The van der Waals surface area contributed by atoms with E-state index < -0.39 is 0 Å². The number of hydrogen-bond donors (Lipinski definition) is 2. The molecule has 0 aromatic heterocycles. The molecule has 0 atom stereocenters. The van der Waals surface area contributed by atoms with Crippen molar-refractivity contribution in [1.29, 1.82) is 0 Å². The van der Waals surface area contributed by atoms with Gasteiger partial charge in [0.05, 0.1) is 7.11 Å². The second-order valence-corrected chi connectivity index (χ2v) is 4.73. The van der Waals surface area contributed by atoms with E-state index in [4.69, 9.17) is 17.0 Å². The number of phenols is 1. The van der Waals surface area contributed by atoms with Gasteiger partial charge in [-0.15, -0.1) is 0 Å². The molecule has 1 aliphatic heterocycles. The monoisotopic (exact) mass is 292 g/mol.